The van der Waals surface area contributed by atoms with Gasteiger partial charge in [-0.3, -0.25) is 0 Å². The van der Waals surface area contributed by atoms with Gasteiger partial charge in [-0.1, -0.05) is 0 Å². The third kappa shape index (κ3) is 3.90. The van der Waals surface area contributed by atoms with Gasteiger partial charge in [-0.05, 0) is 0 Å². The van der Waals surface area contributed by atoms with Gasteiger partial charge in [0.1, 0.15) is 0 Å². The monoisotopic (exact) mass is 533 g/mol. The number of benzene rings is 4. The molecule has 6 rings (SSSR count). The predicted octanol–water partition coefficient (Wildman–Crippen LogP) is 6.30. The van der Waals surface area contributed by atoms with Gasteiger partial charge in [0.2, 0.25) is 0 Å². The molecule has 0 aliphatic heterocycles. The molecule has 0 aromatic heterocycles. The molecule has 0 N–H and O–H groups in total. The molecule has 0 spiro atoms. The van der Waals surface area contributed by atoms with E-state index in [0.717, 1.165) is 6.42 Å². The predicted molar refractivity (Wildman–Crippen MR) is 151 cm³/mol. The Morgan fingerprint density at radius 3 is 1.79 bits per heavy atom. The van der Waals surface area contributed by atoms with E-state index in [2.05, 4.69) is 129 Å². The number of rotatable bonds is 4. The van der Waals surface area contributed by atoms with E-state index in [1.54, 1.807) is 13.3 Å². The Kier molecular flexibility index (Phi) is 7.52. The average molecular weight is 534 g/mol. The van der Waals surface area contributed by atoms with Crippen molar-refractivity contribution >= 4 is 45.8 Å². The Labute approximate surface area is 219 Å². The van der Waals surface area contributed by atoms with Gasteiger partial charge in [-0.25, -0.2) is 0 Å². The molecule has 4 heteroatoms. The van der Waals surface area contributed by atoms with Crippen LogP contribution in [0.1, 0.15) is 27.3 Å². The summed E-state index contributed by atoms with van der Waals surface area (Å²) in [5.74, 6) is 0. The summed E-state index contributed by atoms with van der Waals surface area (Å²) in [5, 5.41) is 0. The van der Waals surface area contributed by atoms with Crippen molar-refractivity contribution in [3.05, 3.63) is 138 Å². The van der Waals surface area contributed by atoms with Crippen molar-refractivity contribution in [2.24, 2.45) is 0 Å². The summed E-state index contributed by atoms with van der Waals surface area (Å²) in [6.45, 7) is 0. The fraction of sp³-hybridized carbons (Fsp3) is 0.0667. The second-order valence-electron chi connectivity index (χ2n) is 8.81. The Morgan fingerprint density at radius 2 is 1.18 bits per heavy atom. The second-order valence-corrected chi connectivity index (χ2v) is 19.2. The van der Waals surface area contributed by atoms with E-state index in [-0.39, 0.29) is 24.8 Å². The maximum absolute atomic E-state index is 2.87. The van der Waals surface area contributed by atoms with Crippen molar-refractivity contribution in [3.8, 4) is 11.1 Å². The first-order valence-electron chi connectivity index (χ1n) is 11.3. The van der Waals surface area contributed by atoms with Gasteiger partial charge in [-0.15, -0.1) is 24.8 Å². The van der Waals surface area contributed by atoms with Crippen LogP contribution in [0.15, 0.2) is 121 Å². The standard InChI is InChI=1S/C18H13.2C6H5.2ClH.H2Si.Ti/c1-2-7-13(6-1)15-10-5-11-17-16-9-4-3-8-14(16)12-18(15)17;2*1-2-4-6-5-3-1;;;;/h1-6,8-12H,7H2;2*1-5H;2*1H;1H2;. The van der Waals surface area contributed by atoms with Gasteiger partial charge >= 0.3 is 196 Å². The van der Waals surface area contributed by atoms with Crippen molar-refractivity contribution in [2.75, 3.05) is 0 Å². The van der Waals surface area contributed by atoms with Crippen LogP contribution in [0, 0.1) is 0 Å². The van der Waals surface area contributed by atoms with Gasteiger partial charge in [0.05, 0.1) is 0 Å². The third-order valence-electron chi connectivity index (χ3n) is 7.14. The van der Waals surface area contributed by atoms with Gasteiger partial charge in [-0.2, -0.15) is 0 Å². The van der Waals surface area contributed by atoms with Crippen LogP contribution in [-0.2, 0) is 15.3 Å². The van der Waals surface area contributed by atoms with E-state index in [9.17, 15) is 0 Å². The first kappa shape index (κ1) is 25.0. The van der Waals surface area contributed by atoms with E-state index < -0.39 is 15.3 Å². The van der Waals surface area contributed by atoms with Gasteiger partial charge in [0, 0.05) is 0 Å². The summed E-state index contributed by atoms with van der Waals surface area (Å²) in [7, 11) is 2.34. The van der Waals surface area contributed by atoms with Crippen LogP contribution in [0.3, 0.4) is 0 Å². The number of hydrogen-bond donors (Lipinski definition) is 0. The first-order valence-corrected chi connectivity index (χ1v) is 17.8. The van der Waals surface area contributed by atoms with Crippen LogP contribution in [0.2, 0.25) is 0 Å². The first-order chi connectivity index (χ1) is 15.8. The molecule has 0 bridgehead atoms. The van der Waals surface area contributed by atoms with Crippen molar-refractivity contribution < 1.29 is 15.3 Å². The zero-order chi connectivity index (χ0) is 21.5. The minimum atomic E-state index is -2.87. The Morgan fingerprint density at radius 1 is 0.618 bits per heavy atom. The quantitative estimate of drug-likeness (QED) is 0.270. The second kappa shape index (κ2) is 10.2. The molecule has 1 unspecified atom stereocenters. The fourth-order valence-electron chi connectivity index (χ4n) is 5.67. The zero-order valence-corrected chi connectivity index (χ0v) is 23.5. The molecule has 0 saturated heterocycles. The summed E-state index contributed by atoms with van der Waals surface area (Å²) < 4.78 is 3.54. The van der Waals surface area contributed by atoms with E-state index in [0.29, 0.717) is 4.22 Å². The van der Waals surface area contributed by atoms with Crippen LogP contribution >= 0.6 is 24.8 Å². The number of fused-ring (bicyclic) bond motifs is 3. The SMILES string of the molecule is Cl.Cl.[SiH2]=[Ti]([c]1ccccc1)([c]1ccccc1)[CH]1c2ccccc2-c2cccc(C3=CC=CC3)c21. The molecule has 4 aromatic rings. The minimum absolute atomic E-state index is 0. The van der Waals surface area contributed by atoms with Crippen molar-refractivity contribution in [2.45, 2.75) is 10.6 Å². The molecule has 0 saturated carbocycles. The molecular formula is C30H27Cl2SiTi. The molecule has 0 radical (unpaired) electrons. The van der Waals surface area contributed by atoms with E-state index in [1.807, 2.05) is 0 Å². The van der Waals surface area contributed by atoms with E-state index in [1.165, 1.54) is 27.8 Å². The number of hydrogen-bond acceptors (Lipinski definition) is 0. The van der Waals surface area contributed by atoms with Gasteiger partial charge in [0.15, 0.2) is 0 Å². The zero-order valence-electron chi connectivity index (χ0n) is 18.9. The van der Waals surface area contributed by atoms with Crippen molar-refractivity contribution in [1.29, 1.82) is 0 Å². The molecule has 1 atom stereocenters. The molecule has 0 heterocycles. The van der Waals surface area contributed by atoms with Gasteiger partial charge < -0.3 is 0 Å². The summed E-state index contributed by atoms with van der Waals surface area (Å²) in [4.78, 5) is 0. The molecule has 0 amide bonds. The summed E-state index contributed by atoms with van der Waals surface area (Å²) in [6, 6.07) is 38.9. The number of allylic oxidation sites excluding steroid dienone is 4. The molecule has 2 aliphatic carbocycles. The third-order valence-corrected chi connectivity index (χ3v) is 18.9. The topological polar surface area (TPSA) is 0 Å². The Balaban J connectivity index is 0.00000137. The molecule has 34 heavy (non-hydrogen) atoms. The van der Waals surface area contributed by atoms with Gasteiger partial charge in [0.25, 0.3) is 0 Å². The molecular weight excluding hydrogens is 507 g/mol. The van der Waals surface area contributed by atoms with Crippen LogP contribution in [0.4, 0.5) is 0 Å². The number of halogens is 2. The summed E-state index contributed by atoms with van der Waals surface area (Å²) in [5.41, 5.74) is 8.84. The van der Waals surface area contributed by atoms with E-state index in [4.69, 9.17) is 0 Å². The molecule has 0 fully saturated rings. The fourth-order valence-corrected chi connectivity index (χ4v) is 15.9. The van der Waals surface area contributed by atoms with Crippen molar-refractivity contribution in [1.82, 2.24) is 0 Å². The molecule has 2 aliphatic rings. The Bertz CT molecular complexity index is 1380. The summed E-state index contributed by atoms with van der Waals surface area (Å²) in [6.07, 6.45) is 7.83. The molecule has 4 aromatic carbocycles. The maximum atomic E-state index is 2.39. The van der Waals surface area contributed by atoms with E-state index >= 15 is 0 Å². The van der Waals surface area contributed by atoms with Crippen LogP contribution in [0.5, 0.6) is 0 Å². The van der Waals surface area contributed by atoms with Crippen LogP contribution in [-0.4, -0.2) is 7.63 Å². The normalized spacial score (nSPS) is 15.5. The van der Waals surface area contributed by atoms with Crippen LogP contribution in [0.25, 0.3) is 16.7 Å². The Hall–Kier alpha value is -2.13. The summed E-state index contributed by atoms with van der Waals surface area (Å²) >= 11 is -2.87. The van der Waals surface area contributed by atoms with Crippen LogP contribution < -0.4 is 7.74 Å². The molecule has 0 nitrogen and oxygen atoms in total. The molecule has 169 valence electrons. The van der Waals surface area contributed by atoms with Crippen molar-refractivity contribution in [3.63, 3.8) is 0 Å². The average Bonchev–Trinajstić information content (AvgIpc) is 3.51.